The molecule has 0 heterocycles. The monoisotopic (exact) mass is 442 g/mol. The second-order valence-corrected chi connectivity index (χ2v) is 8.13. The fourth-order valence-corrected chi connectivity index (χ4v) is 2.94. The number of aliphatic hydroxyl groups excluding tert-OH is 1. The smallest absolute Gasteiger partial charge is 0.191 e. The minimum atomic E-state index is -0.652. The third kappa shape index (κ3) is 9.58. The van der Waals surface area contributed by atoms with Crippen LogP contribution in [-0.4, -0.2) is 62.4 Å². The molecule has 2 rings (SSSR count). The van der Waals surface area contributed by atoms with Crippen LogP contribution >= 0.6 is 0 Å². The second-order valence-electron chi connectivity index (χ2n) is 8.13. The standard InChI is InChI=1S/C25H38N4O3/c1-6-26-25(27-17-20-8-7-9-23(16-20)31-15-14-29(4)5)28-18-24(30)21-10-12-22(13-11-21)32-19(2)3/h7-13,16,19,24,30H,6,14-15,17-18H2,1-5H3,(H2,26,27,28). The Labute approximate surface area is 192 Å². The van der Waals surface area contributed by atoms with Crippen molar-refractivity contribution in [1.29, 1.82) is 0 Å². The van der Waals surface area contributed by atoms with Gasteiger partial charge in [-0.1, -0.05) is 24.3 Å². The van der Waals surface area contributed by atoms with Gasteiger partial charge < -0.3 is 30.1 Å². The number of benzene rings is 2. The zero-order chi connectivity index (χ0) is 23.3. The lowest BCUT2D eigenvalue weighted by Gasteiger charge is -2.16. The van der Waals surface area contributed by atoms with Crippen molar-refractivity contribution in [2.24, 2.45) is 4.99 Å². The largest absolute Gasteiger partial charge is 0.492 e. The highest BCUT2D eigenvalue weighted by molar-refractivity contribution is 5.79. The summed E-state index contributed by atoms with van der Waals surface area (Å²) in [5, 5.41) is 17.0. The molecule has 3 N–H and O–H groups in total. The fourth-order valence-electron chi connectivity index (χ4n) is 2.94. The number of nitrogens with zero attached hydrogens (tertiary/aromatic N) is 2. The van der Waals surface area contributed by atoms with E-state index in [0.717, 1.165) is 35.7 Å². The van der Waals surface area contributed by atoms with E-state index in [1.807, 2.05) is 83.4 Å². The molecular formula is C25H38N4O3. The molecule has 176 valence electrons. The van der Waals surface area contributed by atoms with Crippen LogP contribution in [-0.2, 0) is 6.54 Å². The number of aliphatic hydroxyl groups is 1. The van der Waals surface area contributed by atoms with Crippen LogP contribution in [0, 0.1) is 0 Å². The summed E-state index contributed by atoms with van der Waals surface area (Å²) in [5.41, 5.74) is 1.89. The Bertz CT molecular complexity index is 822. The summed E-state index contributed by atoms with van der Waals surface area (Å²) >= 11 is 0. The molecule has 32 heavy (non-hydrogen) atoms. The van der Waals surface area contributed by atoms with Gasteiger partial charge in [0.05, 0.1) is 18.8 Å². The van der Waals surface area contributed by atoms with Gasteiger partial charge in [-0.3, -0.25) is 0 Å². The number of rotatable bonds is 12. The zero-order valence-electron chi connectivity index (χ0n) is 20.0. The summed E-state index contributed by atoms with van der Waals surface area (Å²) in [4.78, 5) is 6.73. The molecule has 0 radical (unpaired) electrons. The van der Waals surface area contributed by atoms with Gasteiger partial charge in [0, 0.05) is 19.6 Å². The molecule has 0 aliphatic rings. The Balaban J connectivity index is 1.91. The molecule has 0 amide bonds. The van der Waals surface area contributed by atoms with Crippen LogP contribution in [0.5, 0.6) is 11.5 Å². The summed E-state index contributed by atoms with van der Waals surface area (Å²) in [7, 11) is 4.05. The summed E-state index contributed by atoms with van der Waals surface area (Å²) < 4.78 is 11.5. The Kier molecular flexibility index (Phi) is 10.8. The van der Waals surface area contributed by atoms with Crippen molar-refractivity contribution in [3.63, 3.8) is 0 Å². The summed E-state index contributed by atoms with van der Waals surface area (Å²) in [6.45, 7) is 9.10. The molecule has 2 aromatic rings. The number of hydrogen-bond acceptors (Lipinski definition) is 5. The maximum atomic E-state index is 10.5. The lowest BCUT2D eigenvalue weighted by atomic mass is 10.1. The SMILES string of the molecule is CCNC(=NCc1cccc(OCCN(C)C)c1)NCC(O)c1ccc(OC(C)C)cc1. The highest BCUT2D eigenvalue weighted by Gasteiger charge is 2.09. The molecule has 0 bridgehead atoms. The van der Waals surface area contributed by atoms with E-state index in [2.05, 4.69) is 20.5 Å². The maximum Gasteiger partial charge on any atom is 0.191 e. The van der Waals surface area contributed by atoms with Crippen LogP contribution < -0.4 is 20.1 Å². The van der Waals surface area contributed by atoms with Crippen molar-refractivity contribution in [1.82, 2.24) is 15.5 Å². The molecule has 0 aromatic heterocycles. The summed E-state index contributed by atoms with van der Waals surface area (Å²) in [5.74, 6) is 2.30. The molecule has 0 aliphatic heterocycles. The highest BCUT2D eigenvalue weighted by Crippen LogP contribution is 2.18. The van der Waals surface area contributed by atoms with Gasteiger partial charge in [0.15, 0.2) is 5.96 Å². The van der Waals surface area contributed by atoms with Crippen LogP contribution in [0.1, 0.15) is 38.0 Å². The Morgan fingerprint density at radius 2 is 1.81 bits per heavy atom. The van der Waals surface area contributed by atoms with Crippen molar-refractivity contribution in [3.8, 4) is 11.5 Å². The first kappa shape index (κ1) is 25.5. The van der Waals surface area contributed by atoms with Crippen LogP contribution in [0.2, 0.25) is 0 Å². The van der Waals surface area contributed by atoms with Crippen molar-refractivity contribution in [2.45, 2.75) is 39.5 Å². The maximum absolute atomic E-state index is 10.5. The zero-order valence-corrected chi connectivity index (χ0v) is 20.0. The van der Waals surface area contributed by atoms with Gasteiger partial charge in [-0.2, -0.15) is 0 Å². The first-order valence-electron chi connectivity index (χ1n) is 11.2. The van der Waals surface area contributed by atoms with Crippen molar-refractivity contribution in [2.75, 3.05) is 40.3 Å². The molecule has 0 spiro atoms. The van der Waals surface area contributed by atoms with Crippen LogP contribution in [0.25, 0.3) is 0 Å². The van der Waals surface area contributed by atoms with Gasteiger partial charge in [-0.15, -0.1) is 0 Å². The molecule has 1 atom stereocenters. The molecule has 0 saturated heterocycles. The molecule has 2 aromatic carbocycles. The molecule has 7 nitrogen and oxygen atoms in total. The van der Waals surface area contributed by atoms with E-state index in [4.69, 9.17) is 9.47 Å². The third-order valence-electron chi connectivity index (χ3n) is 4.57. The molecule has 0 saturated carbocycles. The van der Waals surface area contributed by atoms with Crippen molar-refractivity contribution >= 4 is 5.96 Å². The van der Waals surface area contributed by atoms with Gasteiger partial charge in [-0.05, 0) is 70.3 Å². The number of ether oxygens (including phenoxy) is 2. The van der Waals surface area contributed by atoms with E-state index in [-0.39, 0.29) is 6.10 Å². The van der Waals surface area contributed by atoms with E-state index >= 15 is 0 Å². The van der Waals surface area contributed by atoms with Gasteiger partial charge in [-0.25, -0.2) is 4.99 Å². The number of guanidine groups is 1. The molecular weight excluding hydrogens is 404 g/mol. The number of likely N-dealkylation sites (N-methyl/N-ethyl adjacent to an activating group) is 1. The lowest BCUT2D eigenvalue weighted by molar-refractivity contribution is 0.180. The number of hydrogen-bond donors (Lipinski definition) is 3. The van der Waals surface area contributed by atoms with E-state index < -0.39 is 6.10 Å². The van der Waals surface area contributed by atoms with Gasteiger partial charge in [0.1, 0.15) is 18.1 Å². The molecule has 1 unspecified atom stereocenters. The molecule has 7 heteroatoms. The Morgan fingerprint density at radius 1 is 1.06 bits per heavy atom. The Hall–Kier alpha value is -2.77. The highest BCUT2D eigenvalue weighted by atomic mass is 16.5. The van der Waals surface area contributed by atoms with Gasteiger partial charge in [0.25, 0.3) is 0 Å². The van der Waals surface area contributed by atoms with Gasteiger partial charge >= 0.3 is 0 Å². The minimum absolute atomic E-state index is 0.122. The average molecular weight is 443 g/mol. The van der Waals surface area contributed by atoms with E-state index in [9.17, 15) is 5.11 Å². The van der Waals surface area contributed by atoms with Crippen LogP contribution in [0.15, 0.2) is 53.5 Å². The molecule has 0 fully saturated rings. The fraction of sp³-hybridized carbons (Fsp3) is 0.480. The predicted molar refractivity (Wildman–Crippen MR) is 130 cm³/mol. The molecule has 0 aliphatic carbocycles. The normalized spacial score (nSPS) is 12.7. The topological polar surface area (TPSA) is 78.4 Å². The average Bonchev–Trinajstić information content (AvgIpc) is 2.75. The van der Waals surface area contributed by atoms with E-state index in [1.54, 1.807) is 0 Å². The quantitative estimate of drug-likeness (QED) is 0.346. The second kappa shape index (κ2) is 13.6. The first-order valence-corrected chi connectivity index (χ1v) is 11.2. The summed E-state index contributed by atoms with van der Waals surface area (Å²) in [6, 6.07) is 15.5. The summed E-state index contributed by atoms with van der Waals surface area (Å²) in [6.07, 6.45) is -0.531. The number of nitrogens with one attached hydrogen (secondary N) is 2. The van der Waals surface area contributed by atoms with Gasteiger partial charge in [0.2, 0.25) is 0 Å². The minimum Gasteiger partial charge on any atom is -0.492 e. The van der Waals surface area contributed by atoms with Crippen molar-refractivity contribution in [3.05, 3.63) is 59.7 Å². The lowest BCUT2D eigenvalue weighted by Crippen LogP contribution is -2.39. The first-order chi connectivity index (χ1) is 15.4. The number of aliphatic imine (C=N–C) groups is 1. The van der Waals surface area contributed by atoms with E-state index in [0.29, 0.717) is 25.7 Å². The predicted octanol–water partition coefficient (Wildman–Crippen LogP) is 3.20. The Morgan fingerprint density at radius 3 is 2.47 bits per heavy atom. The van der Waals surface area contributed by atoms with E-state index in [1.165, 1.54) is 0 Å². The third-order valence-corrected chi connectivity index (χ3v) is 4.57. The van der Waals surface area contributed by atoms with Crippen molar-refractivity contribution < 1.29 is 14.6 Å². The van der Waals surface area contributed by atoms with Crippen LogP contribution in [0.3, 0.4) is 0 Å². The van der Waals surface area contributed by atoms with Crippen LogP contribution in [0.4, 0.5) is 0 Å².